The molecule has 0 aliphatic heterocycles. The van der Waals surface area contributed by atoms with Crippen molar-refractivity contribution in [1.29, 1.82) is 0 Å². The highest BCUT2D eigenvalue weighted by molar-refractivity contribution is 6.05. The summed E-state index contributed by atoms with van der Waals surface area (Å²) in [5, 5.41) is 12.4. The first-order valence-electron chi connectivity index (χ1n) is 9.80. The van der Waals surface area contributed by atoms with E-state index in [0.29, 0.717) is 23.1 Å². The summed E-state index contributed by atoms with van der Waals surface area (Å²) < 4.78 is 101. The molecule has 0 aromatic carbocycles. The molecule has 4 aromatic heterocycles. The minimum absolute atomic E-state index is 0.0913. The minimum Gasteiger partial charge on any atom is -0.388 e. The van der Waals surface area contributed by atoms with Gasteiger partial charge in [0.2, 0.25) is 0 Å². The molecule has 4 aromatic rings. The number of hydrogen-bond donors (Lipinski definition) is 2. The molecule has 0 saturated heterocycles. The molecule has 3 N–H and O–H groups in total. The van der Waals surface area contributed by atoms with Crippen LogP contribution in [0.25, 0.3) is 11.6 Å². The van der Waals surface area contributed by atoms with Gasteiger partial charge in [0, 0.05) is 0 Å². The normalized spacial score (nSPS) is 11.9. The molecule has 4 heterocycles. The molecule has 0 unspecified atom stereocenters. The van der Waals surface area contributed by atoms with Crippen molar-refractivity contribution >= 4 is 17.7 Å². The number of carbonyl (C=O) groups excluding carboxylic acids is 2. The lowest BCUT2D eigenvalue weighted by atomic mass is 10.2. The number of nitrogens with two attached hydrogens (primary N) is 1. The average molecular weight is 545 g/mol. The van der Waals surface area contributed by atoms with E-state index in [-0.39, 0.29) is 4.68 Å². The van der Waals surface area contributed by atoms with Crippen LogP contribution in [0.3, 0.4) is 0 Å². The van der Waals surface area contributed by atoms with E-state index in [1.807, 2.05) is 5.32 Å². The Morgan fingerprint density at radius 2 is 1.66 bits per heavy atom. The Hall–Kier alpha value is -5.10. The summed E-state index contributed by atoms with van der Waals surface area (Å²) in [6, 6.07) is 1.76. The zero-order chi connectivity index (χ0) is 27.8. The largest absolute Gasteiger partial charge is 0.434 e. The van der Waals surface area contributed by atoms with Gasteiger partial charge in [-0.05, 0) is 18.2 Å². The average Bonchev–Trinajstić information content (AvgIpc) is 3.50. The van der Waals surface area contributed by atoms with Crippen LogP contribution >= 0.6 is 0 Å². The number of anilines is 1. The maximum Gasteiger partial charge on any atom is 0.434 e. The fourth-order valence-electron chi connectivity index (χ4n) is 3.08. The Morgan fingerprint density at radius 1 is 0.974 bits per heavy atom. The zero-order valence-corrected chi connectivity index (χ0v) is 18.1. The summed E-state index contributed by atoms with van der Waals surface area (Å²) in [5.74, 6) is -5.30. The van der Waals surface area contributed by atoms with Crippen molar-refractivity contribution in [2.24, 2.45) is 5.73 Å². The summed E-state index contributed by atoms with van der Waals surface area (Å²) in [4.78, 5) is 31.1. The van der Waals surface area contributed by atoms with Gasteiger partial charge in [-0.25, -0.2) is 18.9 Å². The van der Waals surface area contributed by atoms with E-state index >= 15 is 0 Å². The van der Waals surface area contributed by atoms with Crippen molar-refractivity contribution in [2.75, 3.05) is 5.32 Å². The van der Waals surface area contributed by atoms with Gasteiger partial charge in [-0.1, -0.05) is 0 Å². The number of carbonyl (C=O) groups is 2. The first kappa shape index (κ1) is 26.0. The van der Waals surface area contributed by atoms with Gasteiger partial charge >= 0.3 is 18.4 Å². The van der Waals surface area contributed by atoms with Crippen LogP contribution in [0.4, 0.5) is 41.2 Å². The number of halogens is 7. The van der Waals surface area contributed by atoms with Crippen molar-refractivity contribution in [3.63, 3.8) is 0 Å². The molecule has 2 amide bonds. The number of pyridine rings is 2. The molecule has 12 nitrogen and oxygen atoms in total. The third-order valence-corrected chi connectivity index (χ3v) is 4.53. The first-order valence-corrected chi connectivity index (χ1v) is 9.80. The van der Waals surface area contributed by atoms with Crippen molar-refractivity contribution in [3.05, 3.63) is 65.6 Å². The van der Waals surface area contributed by atoms with Crippen LogP contribution in [0, 0.1) is 5.82 Å². The van der Waals surface area contributed by atoms with Gasteiger partial charge in [-0.2, -0.15) is 46.6 Å². The van der Waals surface area contributed by atoms with E-state index in [2.05, 4.69) is 30.0 Å². The van der Waals surface area contributed by atoms with Gasteiger partial charge in [0.1, 0.15) is 5.56 Å². The van der Waals surface area contributed by atoms with Gasteiger partial charge < -0.3 is 15.8 Å². The van der Waals surface area contributed by atoms with Gasteiger partial charge in [-0.15, -0.1) is 4.80 Å². The molecule has 19 heteroatoms. The molecule has 0 aliphatic carbocycles. The molecule has 0 bridgehead atoms. The number of nitrogens with zero attached hydrogens (tertiary/aromatic N) is 7. The number of aromatic nitrogens is 7. The molecule has 38 heavy (non-hydrogen) atoms. The minimum atomic E-state index is -5.27. The monoisotopic (exact) mass is 545 g/mol. The van der Waals surface area contributed by atoms with Crippen LogP contribution in [-0.2, 0) is 12.4 Å². The zero-order valence-electron chi connectivity index (χ0n) is 18.1. The fourth-order valence-corrected chi connectivity index (χ4v) is 3.08. The number of rotatable bonds is 5. The fraction of sp³-hybridized carbons (Fsp3) is 0.105. The number of nitrogens with one attached hydrogen (secondary N) is 1. The smallest absolute Gasteiger partial charge is 0.388 e. The second-order valence-corrected chi connectivity index (χ2v) is 7.06. The molecular formula is C19H10F7N9O3. The highest BCUT2D eigenvalue weighted by Gasteiger charge is 2.41. The summed E-state index contributed by atoms with van der Waals surface area (Å²) in [6.07, 6.45) is -8.39. The third kappa shape index (κ3) is 5.20. The predicted octanol–water partition coefficient (Wildman–Crippen LogP) is 3.13. The molecule has 0 fully saturated rings. The summed E-state index contributed by atoms with van der Waals surface area (Å²) in [7, 11) is 0. The van der Waals surface area contributed by atoms with E-state index < -0.39 is 70.2 Å². The maximum atomic E-state index is 13.9. The molecule has 198 valence electrons. The number of ether oxygens (including phenoxy) is 1. The van der Waals surface area contributed by atoms with Crippen LogP contribution in [-0.4, -0.2) is 46.7 Å². The van der Waals surface area contributed by atoms with Crippen molar-refractivity contribution in [3.8, 4) is 17.5 Å². The van der Waals surface area contributed by atoms with Crippen LogP contribution in [0.2, 0.25) is 0 Å². The summed E-state index contributed by atoms with van der Waals surface area (Å²) >= 11 is 0. The lowest BCUT2D eigenvalue weighted by molar-refractivity contribution is -0.143. The summed E-state index contributed by atoms with van der Waals surface area (Å²) in [6.45, 7) is 0. The Morgan fingerprint density at radius 3 is 2.26 bits per heavy atom. The van der Waals surface area contributed by atoms with Gasteiger partial charge in [-0.3, -0.25) is 4.79 Å². The van der Waals surface area contributed by atoms with Crippen LogP contribution < -0.4 is 15.8 Å². The van der Waals surface area contributed by atoms with Crippen molar-refractivity contribution < 1.29 is 45.1 Å². The molecule has 0 spiro atoms. The Balaban J connectivity index is 1.73. The van der Waals surface area contributed by atoms with Gasteiger partial charge in [0.05, 0.1) is 36.0 Å². The van der Waals surface area contributed by atoms with E-state index in [4.69, 9.17) is 5.73 Å². The van der Waals surface area contributed by atoms with Gasteiger partial charge in [0.15, 0.2) is 23.1 Å². The predicted molar refractivity (Wildman–Crippen MR) is 109 cm³/mol. The second kappa shape index (κ2) is 9.41. The summed E-state index contributed by atoms with van der Waals surface area (Å²) in [5.41, 5.74) is -0.0956. The highest BCUT2D eigenvalue weighted by Crippen LogP contribution is 2.36. The topological polar surface area (TPSA) is 156 Å². The maximum absolute atomic E-state index is 13.9. The molecular weight excluding hydrogens is 535 g/mol. The lowest BCUT2D eigenvalue weighted by Crippen LogP contribution is -2.22. The first-order chi connectivity index (χ1) is 17.8. The third-order valence-electron chi connectivity index (χ3n) is 4.53. The van der Waals surface area contributed by atoms with E-state index in [9.17, 15) is 40.3 Å². The molecule has 4 rings (SSSR count). The van der Waals surface area contributed by atoms with Crippen LogP contribution in [0.5, 0.6) is 5.88 Å². The Bertz CT molecular complexity index is 1520. The molecule has 0 aliphatic rings. The number of primary amides is 1. The van der Waals surface area contributed by atoms with Crippen molar-refractivity contribution in [1.82, 2.24) is 34.7 Å². The number of hydrogen-bond acceptors (Lipinski definition) is 8. The van der Waals surface area contributed by atoms with Crippen molar-refractivity contribution in [2.45, 2.75) is 12.4 Å². The Labute approximate surface area is 204 Å². The molecule has 0 radical (unpaired) electrons. The molecule has 0 saturated carbocycles. The molecule has 0 atom stereocenters. The van der Waals surface area contributed by atoms with Gasteiger partial charge in [0.25, 0.3) is 11.8 Å². The lowest BCUT2D eigenvalue weighted by Gasteiger charge is -2.14. The highest BCUT2D eigenvalue weighted by atomic mass is 19.4. The quantitative estimate of drug-likeness (QED) is 0.363. The number of alkyl halides is 6. The van der Waals surface area contributed by atoms with E-state index in [1.54, 1.807) is 0 Å². The second-order valence-electron chi connectivity index (χ2n) is 7.06. The standard InChI is InChI=1S/C19H10F7N9O3/c20-11-1-2-12(33-16(11)38-17(27)37)34-13(19(24,25)26)9(7-31-34)15(36)32-8-5-10(18(21,22)23)14(28-6-8)35-29-3-4-30-35/h1-7H,(H2,27,37)(H,32,36). The van der Waals surface area contributed by atoms with Crippen LogP contribution in [0.15, 0.2) is 43.0 Å². The van der Waals surface area contributed by atoms with E-state index in [0.717, 1.165) is 24.7 Å². The Kier molecular flexibility index (Phi) is 6.43. The SMILES string of the molecule is NC(=O)Oc1nc(-n2ncc(C(=O)Nc3cnc(-n4nccn4)c(C(F)(F)F)c3)c2C(F)(F)F)ccc1F. The van der Waals surface area contributed by atoms with E-state index in [1.165, 1.54) is 0 Å². The van der Waals surface area contributed by atoms with Crippen LogP contribution in [0.1, 0.15) is 21.6 Å². The number of amides is 2.